The van der Waals surface area contributed by atoms with Gasteiger partial charge in [-0.15, -0.1) is 13.2 Å². The maximum absolute atomic E-state index is 12.2. The lowest BCUT2D eigenvalue weighted by molar-refractivity contribution is -0.274. The Morgan fingerprint density at radius 2 is 2.12 bits per heavy atom. The summed E-state index contributed by atoms with van der Waals surface area (Å²) in [7, 11) is -4.04. The van der Waals surface area contributed by atoms with Gasteiger partial charge >= 0.3 is 6.36 Å². The molecular weight excluding hydrogens is 373 g/mol. The molecule has 146 valence electrons. The summed E-state index contributed by atoms with van der Waals surface area (Å²) in [6.45, 7) is 3.24. The van der Waals surface area contributed by atoms with Crippen molar-refractivity contribution in [3.05, 3.63) is 24.3 Å². The molecule has 1 heterocycles. The van der Waals surface area contributed by atoms with Crippen LogP contribution in [0.1, 0.15) is 26.2 Å². The molecule has 0 aliphatic carbocycles. The molecule has 1 aromatic rings. The van der Waals surface area contributed by atoms with E-state index in [0.29, 0.717) is 19.0 Å². The molecule has 0 saturated carbocycles. The Hall–Kier alpha value is -1.81. The normalized spacial score (nSPS) is 18.6. The van der Waals surface area contributed by atoms with Crippen LogP contribution in [0, 0.1) is 5.92 Å². The first-order valence-electron chi connectivity index (χ1n) is 8.20. The van der Waals surface area contributed by atoms with Gasteiger partial charge in [0.2, 0.25) is 15.9 Å². The standard InChI is InChI=1S/C16H21F3N2O4S/c1-12-4-3-9-21(11-12)15(22)7-8-20-26(23,24)14-6-2-5-13(10-14)25-16(17,18)19/h2,5-6,10,12,20H,3-4,7-9,11H2,1H3. The first kappa shape index (κ1) is 20.5. The zero-order chi connectivity index (χ0) is 19.4. The van der Waals surface area contributed by atoms with Crippen LogP contribution in [-0.4, -0.2) is 45.2 Å². The third-order valence-corrected chi connectivity index (χ3v) is 5.45. The summed E-state index contributed by atoms with van der Waals surface area (Å²) >= 11 is 0. The van der Waals surface area contributed by atoms with E-state index in [1.165, 1.54) is 0 Å². The number of amides is 1. The lowest BCUT2D eigenvalue weighted by Crippen LogP contribution is -2.40. The van der Waals surface area contributed by atoms with E-state index in [0.717, 1.165) is 37.1 Å². The van der Waals surface area contributed by atoms with E-state index in [1.807, 2.05) is 0 Å². The molecule has 1 unspecified atom stereocenters. The van der Waals surface area contributed by atoms with Gasteiger partial charge in [0.1, 0.15) is 5.75 Å². The Labute approximate surface area is 150 Å². The number of piperidine rings is 1. The number of nitrogens with zero attached hydrogens (tertiary/aromatic N) is 1. The number of hydrogen-bond donors (Lipinski definition) is 1. The molecule has 1 amide bonds. The van der Waals surface area contributed by atoms with Crippen molar-refractivity contribution in [3.63, 3.8) is 0 Å². The smallest absolute Gasteiger partial charge is 0.406 e. The predicted octanol–water partition coefficient (Wildman–Crippen LogP) is 2.51. The zero-order valence-electron chi connectivity index (χ0n) is 14.3. The monoisotopic (exact) mass is 394 g/mol. The average Bonchev–Trinajstić information content (AvgIpc) is 2.53. The first-order chi connectivity index (χ1) is 12.1. The number of benzene rings is 1. The number of sulfonamides is 1. The Balaban J connectivity index is 1.92. The van der Waals surface area contributed by atoms with Gasteiger partial charge in [-0.1, -0.05) is 13.0 Å². The van der Waals surface area contributed by atoms with Crippen molar-refractivity contribution in [1.29, 1.82) is 0 Å². The van der Waals surface area contributed by atoms with E-state index in [2.05, 4.69) is 16.4 Å². The fraction of sp³-hybridized carbons (Fsp3) is 0.562. The van der Waals surface area contributed by atoms with Crippen LogP contribution in [0.5, 0.6) is 5.75 Å². The summed E-state index contributed by atoms with van der Waals surface area (Å²) < 4.78 is 67.0. The summed E-state index contributed by atoms with van der Waals surface area (Å²) in [5, 5.41) is 0. The Morgan fingerprint density at radius 1 is 1.38 bits per heavy atom. The van der Waals surface area contributed by atoms with Crippen molar-refractivity contribution < 1.29 is 31.1 Å². The maximum atomic E-state index is 12.2. The number of carbonyl (C=O) groups is 1. The molecule has 0 radical (unpaired) electrons. The van der Waals surface area contributed by atoms with Crippen LogP contribution in [0.15, 0.2) is 29.2 Å². The molecule has 1 N–H and O–H groups in total. The fourth-order valence-corrected chi connectivity index (χ4v) is 3.85. The van der Waals surface area contributed by atoms with Gasteiger partial charge in [-0.25, -0.2) is 13.1 Å². The number of ether oxygens (including phenoxy) is 1. The largest absolute Gasteiger partial charge is 0.573 e. The lowest BCUT2D eigenvalue weighted by Gasteiger charge is -2.31. The van der Waals surface area contributed by atoms with Crippen molar-refractivity contribution in [1.82, 2.24) is 9.62 Å². The molecule has 0 aromatic heterocycles. The van der Waals surface area contributed by atoms with Gasteiger partial charge in [0.25, 0.3) is 0 Å². The number of likely N-dealkylation sites (tertiary alicyclic amines) is 1. The highest BCUT2D eigenvalue weighted by atomic mass is 32.2. The van der Waals surface area contributed by atoms with Gasteiger partial charge < -0.3 is 9.64 Å². The minimum atomic E-state index is -4.91. The molecule has 0 bridgehead atoms. The van der Waals surface area contributed by atoms with Crippen LogP contribution in [-0.2, 0) is 14.8 Å². The number of halogens is 3. The second-order valence-corrected chi connectivity index (χ2v) is 8.02. The maximum Gasteiger partial charge on any atom is 0.573 e. The number of nitrogens with one attached hydrogen (secondary N) is 1. The van der Waals surface area contributed by atoms with Gasteiger partial charge in [0.05, 0.1) is 4.90 Å². The molecule has 10 heteroatoms. The molecule has 6 nitrogen and oxygen atoms in total. The highest BCUT2D eigenvalue weighted by Crippen LogP contribution is 2.24. The second kappa shape index (κ2) is 8.26. The van der Waals surface area contributed by atoms with Crippen LogP contribution in [0.2, 0.25) is 0 Å². The molecular formula is C16H21F3N2O4S. The van der Waals surface area contributed by atoms with Gasteiger partial charge in [-0.3, -0.25) is 4.79 Å². The first-order valence-corrected chi connectivity index (χ1v) is 9.68. The minimum Gasteiger partial charge on any atom is -0.406 e. The van der Waals surface area contributed by atoms with Crippen LogP contribution in [0.25, 0.3) is 0 Å². The molecule has 1 aliphatic heterocycles. The molecule has 1 aliphatic rings. The molecule has 1 saturated heterocycles. The van der Waals surface area contributed by atoms with E-state index in [1.54, 1.807) is 4.90 Å². The second-order valence-electron chi connectivity index (χ2n) is 6.26. The van der Waals surface area contributed by atoms with Gasteiger partial charge in [0.15, 0.2) is 0 Å². The third kappa shape index (κ3) is 6.17. The minimum absolute atomic E-state index is 0.00923. The third-order valence-electron chi connectivity index (χ3n) is 3.99. The lowest BCUT2D eigenvalue weighted by atomic mass is 10.0. The summed E-state index contributed by atoms with van der Waals surface area (Å²) in [5.74, 6) is -0.354. The topological polar surface area (TPSA) is 75.7 Å². The Bertz CT molecular complexity index is 737. The summed E-state index contributed by atoms with van der Waals surface area (Å²) in [5.41, 5.74) is 0. The summed E-state index contributed by atoms with van der Waals surface area (Å²) in [6.07, 6.45) is -2.93. The predicted molar refractivity (Wildman–Crippen MR) is 87.9 cm³/mol. The highest BCUT2D eigenvalue weighted by Gasteiger charge is 2.31. The molecule has 0 spiro atoms. The van der Waals surface area contributed by atoms with E-state index >= 15 is 0 Å². The zero-order valence-corrected chi connectivity index (χ0v) is 15.1. The van der Waals surface area contributed by atoms with Crippen LogP contribution < -0.4 is 9.46 Å². The Morgan fingerprint density at radius 3 is 2.77 bits per heavy atom. The highest BCUT2D eigenvalue weighted by molar-refractivity contribution is 7.89. The van der Waals surface area contributed by atoms with E-state index in [-0.39, 0.29) is 23.8 Å². The van der Waals surface area contributed by atoms with Gasteiger partial charge in [-0.05, 0) is 30.9 Å². The van der Waals surface area contributed by atoms with E-state index in [9.17, 15) is 26.4 Å². The van der Waals surface area contributed by atoms with Crippen LogP contribution in [0.3, 0.4) is 0 Å². The molecule has 1 fully saturated rings. The van der Waals surface area contributed by atoms with Crippen molar-refractivity contribution >= 4 is 15.9 Å². The van der Waals surface area contributed by atoms with Crippen molar-refractivity contribution in [2.75, 3.05) is 19.6 Å². The molecule has 26 heavy (non-hydrogen) atoms. The molecule has 1 aromatic carbocycles. The molecule has 2 rings (SSSR count). The van der Waals surface area contributed by atoms with Crippen molar-refractivity contribution in [3.8, 4) is 5.75 Å². The van der Waals surface area contributed by atoms with E-state index < -0.39 is 22.1 Å². The van der Waals surface area contributed by atoms with Crippen LogP contribution in [0.4, 0.5) is 13.2 Å². The quantitative estimate of drug-likeness (QED) is 0.805. The SMILES string of the molecule is CC1CCCN(C(=O)CCNS(=O)(=O)c2cccc(OC(F)(F)F)c2)C1. The van der Waals surface area contributed by atoms with Gasteiger partial charge in [0, 0.05) is 32.1 Å². The van der Waals surface area contributed by atoms with Crippen molar-refractivity contribution in [2.45, 2.75) is 37.4 Å². The number of alkyl halides is 3. The fourth-order valence-electron chi connectivity index (χ4n) is 2.79. The van der Waals surface area contributed by atoms with Crippen LogP contribution >= 0.6 is 0 Å². The van der Waals surface area contributed by atoms with Gasteiger partial charge in [-0.2, -0.15) is 0 Å². The Kier molecular flexibility index (Phi) is 6.51. The number of rotatable bonds is 6. The summed E-state index contributed by atoms with van der Waals surface area (Å²) in [6, 6.07) is 4.09. The average molecular weight is 394 g/mol. The molecule has 1 atom stereocenters. The number of hydrogen-bond acceptors (Lipinski definition) is 4. The van der Waals surface area contributed by atoms with Crippen molar-refractivity contribution in [2.24, 2.45) is 5.92 Å². The van der Waals surface area contributed by atoms with E-state index in [4.69, 9.17) is 0 Å². The number of carbonyl (C=O) groups excluding carboxylic acids is 1. The summed E-state index contributed by atoms with van der Waals surface area (Å²) in [4.78, 5) is 13.5.